The van der Waals surface area contributed by atoms with Gasteiger partial charge in [0.05, 0.1) is 6.42 Å². The van der Waals surface area contributed by atoms with Gasteiger partial charge < -0.3 is 5.32 Å². The third-order valence-electron chi connectivity index (χ3n) is 2.52. The summed E-state index contributed by atoms with van der Waals surface area (Å²) in [4.78, 5) is 11.6. The predicted octanol–water partition coefficient (Wildman–Crippen LogP) is 3.04. The van der Waals surface area contributed by atoms with E-state index in [0.29, 0.717) is 6.54 Å². The highest BCUT2D eigenvalue weighted by molar-refractivity contribution is 9.09. The molecule has 1 N–H and O–H groups in total. The second kappa shape index (κ2) is 6.27. The fourth-order valence-electron chi connectivity index (χ4n) is 1.31. The average molecular weight is 320 g/mol. The number of halogens is 3. The Labute approximate surface area is 114 Å². The Balaban J connectivity index is 2.61. The van der Waals surface area contributed by atoms with Gasteiger partial charge in [-0.15, -0.1) is 0 Å². The van der Waals surface area contributed by atoms with Gasteiger partial charge in [-0.25, -0.2) is 8.78 Å². The number of alkyl halides is 1. The lowest BCUT2D eigenvalue weighted by atomic mass is 9.97. The molecule has 0 radical (unpaired) electrons. The first-order valence-corrected chi connectivity index (χ1v) is 6.73. The van der Waals surface area contributed by atoms with Gasteiger partial charge in [-0.2, -0.15) is 0 Å². The van der Waals surface area contributed by atoms with Crippen molar-refractivity contribution in [2.24, 2.45) is 5.41 Å². The van der Waals surface area contributed by atoms with Gasteiger partial charge in [0.1, 0.15) is 11.6 Å². The lowest BCUT2D eigenvalue weighted by Crippen LogP contribution is -2.36. The molecule has 0 unspecified atom stereocenters. The number of rotatable bonds is 5. The summed E-state index contributed by atoms with van der Waals surface area (Å²) in [5.74, 6) is -1.76. The molecule has 18 heavy (non-hydrogen) atoms. The molecule has 0 aliphatic heterocycles. The van der Waals surface area contributed by atoms with Gasteiger partial charge in [-0.1, -0.05) is 35.8 Å². The molecule has 0 aliphatic carbocycles. The number of hydrogen-bond donors (Lipinski definition) is 1. The zero-order valence-corrected chi connectivity index (χ0v) is 12.0. The molecule has 1 aromatic carbocycles. The van der Waals surface area contributed by atoms with Crippen LogP contribution in [0.1, 0.15) is 19.4 Å². The highest BCUT2D eigenvalue weighted by Gasteiger charge is 2.18. The molecule has 0 saturated carbocycles. The molecule has 0 fully saturated rings. The molecule has 0 saturated heterocycles. The van der Waals surface area contributed by atoms with E-state index >= 15 is 0 Å². The fraction of sp³-hybridized carbons (Fsp3) is 0.462. The lowest BCUT2D eigenvalue weighted by molar-refractivity contribution is -0.120. The predicted molar refractivity (Wildman–Crippen MR) is 70.6 cm³/mol. The minimum absolute atomic E-state index is 0.0938. The van der Waals surface area contributed by atoms with Gasteiger partial charge in [0.25, 0.3) is 0 Å². The van der Waals surface area contributed by atoms with Gasteiger partial charge in [0.2, 0.25) is 5.91 Å². The first kappa shape index (κ1) is 15.1. The molecule has 1 rings (SSSR count). The van der Waals surface area contributed by atoms with Crippen LogP contribution in [0.15, 0.2) is 18.2 Å². The van der Waals surface area contributed by atoms with Crippen molar-refractivity contribution in [3.05, 3.63) is 35.4 Å². The number of amides is 1. The lowest BCUT2D eigenvalue weighted by Gasteiger charge is -2.21. The van der Waals surface area contributed by atoms with E-state index in [-0.39, 0.29) is 23.3 Å². The zero-order valence-electron chi connectivity index (χ0n) is 10.4. The summed E-state index contributed by atoms with van der Waals surface area (Å²) in [6, 6.07) is 3.57. The quantitative estimate of drug-likeness (QED) is 0.830. The smallest absolute Gasteiger partial charge is 0.224 e. The Kier molecular flexibility index (Phi) is 5.26. The Morgan fingerprint density at radius 1 is 1.33 bits per heavy atom. The molecule has 0 bridgehead atoms. The Morgan fingerprint density at radius 2 is 1.89 bits per heavy atom. The van der Waals surface area contributed by atoms with Crippen LogP contribution in [-0.2, 0) is 11.2 Å². The van der Waals surface area contributed by atoms with E-state index in [1.54, 1.807) is 0 Å². The van der Waals surface area contributed by atoms with Crippen molar-refractivity contribution in [2.45, 2.75) is 20.3 Å². The van der Waals surface area contributed by atoms with E-state index in [0.717, 1.165) is 17.5 Å². The molecule has 0 atom stereocenters. The minimum Gasteiger partial charge on any atom is -0.355 e. The first-order chi connectivity index (χ1) is 8.35. The second-order valence-corrected chi connectivity index (χ2v) is 5.51. The third-order valence-corrected chi connectivity index (χ3v) is 4.04. The molecule has 1 aromatic rings. The number of nitrogens with one attached hydrogen (secondary N) is 1. The van der Waals surface area contributed by atoms with Crippen molar-refractivity contribution in [3.63, 3.8) is 0 Å². The van der Waals surface area contributed by atoms with E-state index in [1.807, 2.05) is 13.8 Å². The monoisotopic (exact) mass is 319 g/mol. The van der Waals surface area contributed by atoms with Crippen molar-refractivity contribution in [3.8, 4) is 0 Å². The summed E-state index contributed by atoms with van der Waals surface area (Å²) in [6.07, 6.45) is -0.281. The summed E-state index contributed by atoms with van der Waals surface area (Å²) >= 11 is 3.34. The van der Waals surface area contributed by atoms with Crippen molar-refractivity contribution >= 4 is 21.8 Å². The van der Waals surface area contributed by atoms with Gasteiger partial charge in [-0.3, -0.25) is 4.79 Å². The Hall–Kier alpha value is -0.970. The van der Waals surface area contributed by atoms with Crippen LogP contribution in [0.5, 0.6) is 0 Å². The van der Waals surface area contributed by atoms with Gasteiger partial charge >= 0.3 is 0 Å². The Morgan fingerprint density at radius 3 is 2.39 bits per heavy atom. The van der Waals surface area contributed by atoms with E-state index in [1.165, 1.54) is 6.07 Å². The van der Waals surface area contributed by atoms with Crippen LogP contribution in [-0.4, -0.2) is 17.8 Å². The van der Waals surface area contributed by atoms with Crippen LogP contribution in [0.2, 0.25) is 0 Å². The molecule has 0 spiro atoms. The SMILES string of the molecule is CC(C)(CBr)CNC(=O)Cc1c(F)cccc1F. The van der Waals surface area contributed by atoms with Gasteiger partial charge in [-0.05, 0) is 17.5 Å². The topological polar surface area (TPSA) is 29.1 Å². The first-order valence-electron chi connectivity index (χ1n) is 5.61. The molecule has 100 valence electrons. The number of carbonyl (C=O) groups is 1. The van der Waals surface area contributed by atoms with Crippen LogP contribution >= 0.6 is 15.9 Å². The normalized spacial score (nSPS) is 11.4. The average Bonchev–Trinajstić information content (AvgIpc) is 2.32. The molecule has 0 aliphatic rings. The second-order valence-electron chi connectivity index (χ2n) is 4.95. The van der Waals surface area contributed by atoms with Crippen LogP contribution in [0.25, 0.3) is 0 Å². The maximum atomic E-state index is 13.3. The number of hydrogen-bond acceptors (Lipinski definition) is 1. The van der Waals surface area contributed by atoms with E-state index < -0.39 is 11.6 Å². The summed E-state index contributed by atoms with van der Waals surface area (Å²) in [6.45, 7) is 4.41. The molecular formula is C13H16BrF2NO. The third kappa shape index (κ3) is 4.37. The minimum atomic E-state index is -0.690. The summed E-state index contributed by atoms with van der Waals surface area (Å²) in [5, 5.41) is 3.41. The Bertz CT molecular complexity index is 415. The fourth-order valence-corrected chi connectivity index (χ4v) is 1.51. The highest BCUT2D eigenvalue weighted by atomic mass is 79.9. The van der Waals surface area contributed by atoms with E-state index in [2.05, 4.69) is 21.2 Å². The maximum absolute atomic E-state index is 13.3. The summed E-state index contributed by atoms with van der Waals surface area (Å²) in [7, 11) is 0. The standard InChI is InChI=1S/C13H16BrF2NO/c1-13(2,7-14)8-17-12(18)6-9-10(15)4-3-5-11(9)16/h3-5H,6-8H2,1-2H3,(H,17,18). The van der Waals surface area contributed by atoms with Crippen molar-refractivity contribution < 1.29 is 13.6 Å². The van der Waals surface area contributed by atoms with Gasteiger partial charge in [0.15, 0.2) is 0 Å². The van der Waals surface area contributed by atoms with E-state index in [4.69, 9.17) is 0 Å². The van der Waals surface area contributed by atoms with Crippen LogP contribution < -0.4 is 5.32 Å². The van der Waals surface area contributed by atoms with Gasteiger partial charge in [0, 0.05) is 17.4 Å². The number of carbonyl (C=O) groups excluding carboxylic acids is 1. The van der Waals surface area contributed by atoms with Crippen LogP contribution in [0, 0.1) is 17.0 Å². The molecule has 5 heteroatoms. The summed E-state index contributed by atoms with van der Waals surface area (Å²) in [5.41, 5.74) is -0.282. The molecule has 2 nitrogen and oxygen atoms in total. The number of benzene rings is 1. The maximum Gasteiger partial charge on any atom is 0.224 e. The molecule has 1 amide bonds. The van der Waals surface area contributed by atoms with E-state index in [9.17, 15) is 13.6 Å². The molecule has 0 aromatic heterocycles. The van der Waals surface area contributed by atoms with Crippen LogP contribution in [0.3, 0.4) is 0 Å². The summed E-state index contributed by atoms with van der Waals surface area (Å²) < 4.78 is 26.6. The largest absolute Gasteiger partial charge is 0.355 e. The highest BCUT2D eigenvalue weighted by Crippen LogP contribution is 2.17. The zero-order chi connectivity index (χ0) is 13.8. The van der Waals surface area contributed by atoms with Crippen LogP contribution in [0.4, 0.5) is 8.78 Å². The van der Waals surface area contributed by atoms with Crippen molar-refractivity contribution in [1.29, 1.82) is 0 Å². The molecule has 0 heterocycles. The van der Waals surface area contributed by atoms with Crippen molar-refractivity contribution in [1.82, 2.24) is 5.32 Å². The van der Waals surface area contributed by atoms with Crippen molar-refractivity contribution in [2.75, 3.05) is 11.9 Å². The molecular weight excluding hydrogens is 304 g/mol.